The Labute approximate surface area is 150 Å². The maximum Gasteiger partial charge on any atom is 0.257 e. The molecular formula is C19H17FN2O3S. The van der Waals surface area contributed by atoms with E-state index in [1.807, 2.05) is 18.2 Å². The molecule has 1 fully saturated rings. The maximum atomic E-state index is 12.6. The molecule has 0 spiro atoms. The third-order valence-corrected chi connectivity index (χ3v) is 6.09. The summed E-state index contributed by atoms with van der Waals surface area (Å²) in [7, 11) is -3.87. The fraction of sp³-hybridized carbons (Fsp3) is 0.263. The van der Waals surface area contributed by atoms with E-state index in [4.69, 9.17) is 4.52 Å². The lowest BCUT2D eigenvalue weighted by molar-refractivity contribution is 0.419. The van der Waals surface area contributed by atoms with Crippen LogP contribution in [0.5, 0.6) is 0 Å². The Morgan fingerprint density at radius 3 is 2.35 bits per heavy atom. The summed E-state index contributed by atoms with van der Waals surface area (Å²) < 4.78 is 40.9. The largest absolute Gasteiger partial charge is 0.334 e. The zero-order chi connectivity index (χ0) is 18.2. The summed E-state index contributed by atoms with van der Waals surface area (Å²) in [4.78, 5) is 4.38. The van der Waals surface area contributed by atoms with Gasteiger partial charge in [0.1, 0.15) is 0 Å². The number of rotatable bonds is 6. The standard InChI is InChI=1S/C19H17FN2O3S/c20-13-26(23,24)16-8-6-14(7-9-16)18-21-17(22-25-18)12-19(10-11-19)15-4-2-1-3-5-15/h1-9H,10-13H2. The van der Waals surface area contributed by atoms with E-state index in [1.54, 1.807) is 12.1 Å². The van der Waals surface area contributed by atoms with Crippen LogP contribution in [-0.4, -0.2) is 24.6 Å². The molecule has 0 saturated heterocycles. The van der Waals surface area contributed by atoms with Crippen LogP contribution in [0.4, 0.5) is 4.39 Å². The third-order valence-electron chi connectivity index (χ3n) is 4.81. The fourth-order valence-corrected chi connectivity index (χ4v) is 3.80. The molecule has 0 aliphatic heterocycles. The van der Waals surface area contributed by atoms with E-state index in [0.717, 1.165) is 12.8 Å². The van der Waals surface area contributed by atoms with Crippen LogP contribution in [0.2, 0.25) is 0 Å². The summed E-state index contributed by atoms with van der Waals surface area (Å²) in [5.74, 6) is 0.954. The third kappa shape index (κ3) is 3.14. The van der Waals surface area contributed by atoms with E-state index in [9.17, 15) is 12.8 Å². The fourth-order valence-electron chi connectivity index (χ4n) is 3.12. The smallest absolute Gasteiger partial charge is 0.257 e. The predicted molar refractivity (Wildman–Crippen MR) is 94.0 cm³/mol. The Morgan fingerprint density at radius 1 is 1.04 bits per heavy atom. The van der Waals surface area contributed by atoms with E-state index in [-0.39, 0.29) is 10.3 Å². The highest BCUT2D eigenvalue weighted by molar-refractivity contribution is 7.91. The number of aromatic nitrogens is 2. The molecule has 0 amide bonds. The zero-order valence-electron chi connectivity index (χ0n) is 13.9. The molecule has 0 bridgehead atoms. The average molecular weight is 372 g/mol. The van der Waals surface area contributed by atoms with Gasteiger partial charge in [-0.15, -0.1) is 0 Å². The number of sulfone groups is 1. The van der Waals surface area contributed by atoms with Crippen molar-refractivity contribution in [3.63, 3.8) is 0 Å². The van der Waals surface area contributed by atoms with Crippen molar-refractivity contribution in [2.24, 2.45) is 0 Å². The van der Waals surface area contributed by atoms with E-state index in [0.29, 0.717) is 23.7 Å². The van der Waals surface area contributed by atoms with Gasteiger partial charge < -0.3 is 4.52 Å². The van der Waals surface area contributed by atoms with Crippen molar-refractivity contribution in [1.29, 1.82) is 0 Å². The first-order valence-electron chi connectivity index (χ1n) is 8.30. The summed E-state index contributed by atoms with van der Waals surface area (Å²) in [6, 6.07) is 14.7. The molecule has 3 aromatic rings. The number of alkyl halides is 1. The molecule has 0 radical (unpaired) electrons. The van der Waals surface area contributed by atoms with Crippen molar-refractivity contribution in [2.45, 2.75) is 29.6 Å². The maximum absolute atomic E-state index is 12.6. The Kier molecular flexibility index (Phi) is 4.11. The van der Waals surface area contributed by atoms with Crippen LogP contribution in [0.15, 0.2) is 64.0 Å². The van der Waals surface area contributed by atoms with Gasteiger partial charge in [-0.2, -0.15) is 4.98 Å². The lowest BCUT2D eigenvalue weighted by Gasteiger charge is -2.12. The second-order valence-corrected chi connectivity index (χ2v) is 8.51. The molecular weight excluding hydrogens is 355 g/mol. The summed E-state index contributed by atoms with van der Waals surface area (Å²) in [5.41, 5.74) is 1.97. The monoisotopic (exact) mass is 372 g/mol. The first-order chi connectivity index (χ1) is 12.5. The van der Waals surface area contributed by atoms with Crippen molar-refractivity contribution < 1.29 is 17.3 Å². The summed E-state index contributed by atoms with van der Waals surface area (Å²) in [5, 5.41) is 4.07. The molecule has 26 heavy (non-hydrogen) atoms. The molecule has 0 atom stereocenters. The molecule has 5 nitrogen and oxygen atoms in total. The first-order valence-corrected chi connectivity index (χ1v) is 9.95. The molecule has 1 saturated carbocycles. The van der Waals surface area contributed by atoms with Crippen LogP contribution in [0.25, 0.3) is 11.5 Å². The Bertz CT molecular complexity index is 1010. The number of halogens is 1. The van der Waals surface area contributed by atoms with E-state index < -0.39 is 15.8 Å². The lowest BCUT2D eigenvalue weighted by Crippen LogP contribution is -2.11. The summed E-state index contributed by atoms with van der Waals surface area (Å²) in [6.45, 7) is 0. The highest BCUT2D eigenvalue weighted by Gasteiger charge is 2.45. The zero-order valence-corrected chi connectivity index (χ0v) is 14.7. The SMILES string of the molecule is O=S(=O)(CF)c1ccc(-c2nc(CC3(c4ccccc4)CC3)no2)cc1. The average Bonchev–Trinajstić information content (AvgIpc) is 3.31. The second-order valence-electron chi connectivity index (χ2n) is 6.59. The number of hydrogen-bond donors (Lipinski definition) is 0. The minimum Gasteiger partial charge on any atom is -0.334 e. The van der Waals surface area contributed by atoms with Crippen LogP contribution in [-0.2, 0) is 21.7 Å². The normalized spacial score (nSPS) is 15.7. The quantitative estimate of drug-likeness (QED) is 0.659. The molecule has 2 aromatic carbocycles. The molecule has 1 aliphatic rings. The number of benzene rings is 2. The topological polar surface area (TPSA) is 73.1 Å². The molecule has 0 N–H and O–H groups in total. The molecule has 7 heteroatoms. The Balaban J connectivity index is 1.54. The Morgan fingerprint density at radius 2 is 1.73 bits per heavy atom. The van der Waals surface area contributed by atoms with Crippen molar-refractivity contribution in [3.8, 4) is 11.5 Å². The van der Waals surface area contributed by atoms with Gasteiger partial charge in [0.05, 0.1) is 4.90 Å². The van der Waals surface area contributed by atoms with Gasteiger partial charge in [-0.25, -0.2) is 12.8 Å². The van der Waals surface area contributed by atoms with Gasteiger partial charge in [0.15, 0.2) is 11.8 Å². The van der Waals surface area contributed by atoms with Gasteiger partial charge in [-0.1, -0.05) is 35.5 Å². The summed E-state index contributed by atoms with van der Waals surface area (Å²) >= 11 is 0. The Hall–Kier alpha value is -2.54. The van der Waals surface area contributed by atoms with Crippen LogP contribution in [0.1, 0.15) is 24.2 Å². The van der Waals surface area contributed by atoms with E-state index in [2.05, 4.69) is 22.3 Å². The summed E-state index contributed by atoms with van der Waals surface area (Å²) in [6.07, 6.45) is 2.89. The van der Waals surface area contributed by atoms with Gasteiger partial charge in [0.25, 0.3) is 5.89 Å². The highest BCUT2D eigenvalue weighted by Crippen LogP contribution is 2.50. The van der Waals surface area contributed by atoms with Gasteiger partial charge in [0.2, 0.25) is 9.84 Å². The van der Waals surface area contributed by atoms with E-state index >= 15 is 0 Å². The van der Waals surface area contributed by atoms with Gasteiger partial charge >= 0.3 is 0 Å². The highest BCUT2D eigenvalue weighted by atomic mass is 32.2. The lowest BCUT2D eigenvalue weighted by atomic mass is 9.92. The van der Waals surface area contributed by atoms with Crippen molar-refractivity contribution >= 4 is 9.84 Å². The van der Waals surface area contributed by atoms with Crippen LogP contribution < -0.4 is 0 Å². The van der Waals surface area contributed by atoms with Crippen molar-refractivity contribution in [1.82, 2.24) is 10.1 Å². The minimum atomic E-state index is -3.87. The molecule has 1 aliphatic carbocycles. The van der Waals surface area contributed by atoms with Crippen LogP contribution in [0.3, 0.4) is 0 Å². The second kappa shape index (κ2) is 6.32. The molecule has 4 rings (SSSR count). The minimum absolute atomic E-state index is 0.0653. The molecule has 1 aromatic heterocycles. The predicted octanol–water partition coefficient (Wildman–Crippen LogP) is 3.71. The first kappa shape index (κ1) is 16.9. The molecule has 134 valence electrons. The van der Waals surface area contributed by atoms with Crippen molar-refractivity contribution in [3.05, 3.63) is 66.0 Å². The number of nitrogens with zero attached hydrogens (tertiary/aromatic N) is 2. The van der Waals surface area contributed by atoms with Gasteiger partial charge in [0, 0.05) is 17.4 Å². The van der Waals surface area contributed by atoms with Crippen LogP contribution >= 0.6 is 0 Å². The van der Waals surface area contributed by atoms with E-state index in [1.165, 1.54) is 17.7 Å². The van der Waals surface area contributed by atoms with Gasteiger partial charge in [-0.05, 0) is 42.7 Å². The van der Waals surface area contributed by atoms with Crippen molar-refractivity contribution in [2.75, 3.05) is 6.01 Å². The van der Waals surface area contributed by atoms with Gasteiger partial charge in [-0.3, -0.25) is 0 Å². The van der Waals surface area contributed by atoms with Crippen LogP contribution in [0, 0.1) is 0 Å². The molecule has 0 unspecified atom stereocenters. The molecule has 1 heterocycles. The number of hydrogen-bond acceptors (Lipinski definition) is 5.